The summed E-state index contributed by atoms with van der Waals surface area (Å²) >= 11 is 5.31. The van der Waals surface area contributed by atoms with Crippen LogP contribution in [0.3, 0.4) is 0 Å². The van der Waals surface area contributed by atoms with Gasteiger partial charge in [-0.2, -0.15) is 0 Å². The van der Waals surface area contributed by atoms with Crippen LogP contribution >= 0.6 is 27.3 Å². The fourth-order valence-corrected chi connectivity index (χ4v) is 3.77. The Morgan fingerprint density at radius 2 is 1.85 bits per heavy atom. The number of methoxy groups -OCH3 is 2. The number of thiophene rings is 1. The molecule has 0 aliphatic rings. The van der Waals surface area contributed by atoms with Crippen LogP contribution in [-0.4, -0.2) is 14.2 Å². The number of hydrogen-bond donors (Lipinski definition) is 1. The van der Waals surface area contributed by atoms with Crippen molar-refractivity contribution < 1.29 is 9.47 Å². The molecule has 0 aliphatic heterocycles. The van der Waals surface area contributed by atoms with E-state index in [1.165, 1.54) is 4.88 Å². The summed E-state index contributed by atoms with van der Waals surface area (Å²) in [6, 6.07) is 6.25. The van der Waals surface area contributed by atoms with E-state index in [0.717, 1.165) is 27.2 Å². The Hall–Kier alpha value is -1.20. The summed E-state index contributed by atoms with van der Waals surface area (Å²) in [4.78, 5) is 1.28. The minimum atomic E-state index is 0.223. The van der Waals surface area contributed by atoms with Crippen molar-refractivity contribution in [3.63, 3.8) is 0 Å². The van der Waals surface area contributed by atoms with Gasteiger partial charge in [0.25, 0.3) is 0 Å². The van der Waals surface area contributed by atoms with Crippen LogP contribution in [0.4, 0.5) is 5.69 Å². The summed E-state index contributed by atoms with van der Waals surface area (Å²) in [6.07, 6.45) is 0. The molecule has 3 nitrogen and oxygen atoms in total. The average Bonchev–Trinajstić information content (AvgIpc) is 2.86. The Balaban J connectivity index is 2.27. The monoisotopic (exact) mass is 355 g/mol. The molecule has 0 bridgehead atoms. The molecule has 1 N–H and O–H groups in total. The van der Waals surface area contributed by atoms with Gasteiger partial charge in [-0.1, -0.05) is 0 Å². The molecule has 1 aromatic heterocycles. The van der Waals surface area contributed by atoms with Crippen molar-refractivity contribution in [2.45, 2.75) is 19.9 Å². The van der Waals surface area contributed by atoms with E-state index in [2.05, 4.69) is 46.5 Å². The molecule has 0 aliphatic carbocycles. The van der Waals surface area contributed by atoms with Crippen LogP contribution in [0.5, 0.6) is 11.5 Å². The quantitative estimate of drug-likeness (QED) is 0.817. The highest BCUT2D eigenvalue weighted by molar-refractivity contribution is 9.10. The molecular weight excluding hydrogens is 338 g/mol. The molecule has 0 spiro atoms. The van der Waals surface area contributed by atoms with Gasteiger partial charge in [-0.25, -0.2) is 0 Å². The second kappa shape index (κ2) is 6.50. The average molecular weight is 356 g/mol. The van der Waals surface area contributed by atoms with E-state index in [9.17, 15) is 0 Å². The minimum absolute atomic E-state index is 0.223. The predicted octanol–water partition coefficient (Wildman–Crippen LogP) is 5.01. The van der Waals surface area contributed by atoms with Gasteiger partial charge in [-0.05, 0) is 52.9 Å². The Bertz CT molecular complexity index is 598. The van der Waals surface area contributed by atoms with Crippen molar-refractivity contribution in [3.8, 4) is 11.5 Å². The Morgan fingerprint density at radius 3 is 2.40 bits per heavy atom. The van der Waals surface area contributed by atoms with Crippen LogP contribution in [0.2, 0.25) is 0 Å². The maximum absolute atomic E-state index is 5.36. The SMILES string of the molecule is COc1cc(C)c(NC(C)c2sccc2Br)cc1OC. The molecule has 0 saturated carbocycles. The highest BCUT2D eigenvalue weighted by Gasteiger charge is 2.14. The van der Waals surface area contributed by atoms with Crippen molar-refractivity contribution in [2.75, 3.05) is 19.5 Å². The van der Waals surface area contributed by atoms with Crippen molar-refractivity contribution in [1.82, 2.24) is 0 Å². The number of ether oxygens (including phenoxy) is 2. The number of halogens is 1. The Morgan fingerprint density at radius 1 is 1.20 bits per heavy atom. The third kappa shape index (κ3) is 3.10. The van der Waals surface area contributed by atoms with Crippen molar-refractivity contribution in [3.05, 3.63) is 38.5 Å². The van der Waals surface area contributed by atoms with E-state index < -0.39 is 0 Å². The molecule has 1 atom stereocenters. The van der Waals surface area contributed by atoms with E-state index in [1.807, 2.05) is 12.1 Å². The molecule has 1 aromatic carbocycles. The van der Waals surface area contributed by atoms with Gasteiger partial charge in [0.05, 0.1) is 20.3 Å². The lowest BCUT2D eigenvalue weighted by atomic mass is 10.1. The van der Waals surface area contributed by atoms with E-state index in [0.29, 0.717) is 0 Å². The van der Waals surface area contributed by atoms with Crippen LogP contribution < -0.4 is 14.8 Å². The highest BCUT2D eigenvalue weighted by Crippen LogP contribution is 2.36. The fourth-order valence-electron chi connectivity index (χ4n) is 2.05. The first-order valence-electron chi connectivity index (χ1n) is 6.28. The number of benzene rings is 1. The standard InChI is InChI=1S/C15H18BrNO2S/c1-9-7-13(18-3)14(19-4)8-12(9)17-10(2)15-11(16)5-6-20-15/h5-8,10,17H,1-4H3. The highest BCUT2D eigenvalue weighted by atomic mass is 79.9. The van der Waals surface area contributed by atoms with Crippen LogP contribution in [0.1, 0.15) is 23.4 Å². The zero-order valence-corrected chi connectivity index (χ0v) is 14.4. The third-order valence-electron chi connectivity index (χ3n) is 3.14. The molecular formula is C15H18BrNO2S. The minimum Gasteiger partial charge on any atom is -0.493 e. The smallest absolute Gasteiger partial charge is 0.162 e. The van der Waals surface area contributed by atoms with E-state index in [1.54, 1.807) is 25.6 Å². The topological polar surface area (TPSA) is 30.5 Å². The summed E-state index contributed by atoms with van der Waals surface area (Å²) in [6.45, 7) is 4.20. The lowest BCUT2D eigenvalue weighted by molar-refractivity contribution is 0.355. The summed E-state index contributed by atoms with van der Waals surface area (Å²) < 4.78 is 11.8. The van der Waals surface area contributed by atoms with Gasteiger partial charge in [-0.3, -0.25) is 0 Å². The first-order chi connectivity index (χ1) is 9.56. The Kier molecular flexibility index (Phi) is 4.94. The second-order valence-electron chi connectivity index (χ2n) is 4.52. The zero-order chi connectivity index (χ0) is 14.7. The molecule has 5 heteroatoms. The van der Waals surface area contributed by atoms with Crippen LogP contribution in [0.25, 0.3) is 0 Å². The summed E-state index contributed by atoms with van der Waals surface area (Å²) in [5, 5.41) is 5.61. The summed E-state index contributed by atoms with van der Waals surface area (Å²) in [7, 11) is 3.30. The maximum Gasteiger partial charge on any atom is 0.162 e. The van der Waals surface area contributed by atoms with Gasteiger partial charge in [0.2, 0.25) is 0 Å². The van der Waals surface area contributed by atoms with Crippen molar-refractivity contribution >= 4 is 33.0 Å². The van der Waals surface area contributed by atoms with Crippen LogP contribution in [0.15, 0.2) is 28.1 Å². The number of rotatable bonds is 5. The predicted molar refractivity (Wildman–Crippen MR) is 88.3 cm³/mol. The molecule has 1 unspecified atom stereocenters. The third-order valence-corrected chi connectivity index (χ3v) is 5.19. The van der Waals surface area contributed by atoms with E-state index >= 15 is 0 Å². The molecule has 2 aromatic rings. The lowest BCUT2D eigenvalue weighted by Gasteiger charge is -2.18. The molecule has 0 fully saturated rings. The van der Waals surface area contributed by atoms with E-state index in [-0.39, 0.29) is 6.04 Å². The van der Waals surface area contributed by atoms with Crippen LogP contribution in [-0.2, 0) is 0 Å². The largest absolute Gasteiger partial charge is 0.493 e. The summed E-state index contributed by atoms with van der Waals surface area (Å²) in [5.74, 6) is 1.48. The number of anilines is 1. The van der Waals surface area contributed by atoms with Gasteiger partial charge >= 0.3 is 0 Å². The van der Waals surface area contributed by atoms with Gasteiger partial charge in [0, 0.05) is 21.1 Å². The van der Waals surface area contributed by atoms with Crippen molar-refractivity contribution in [1.29, 1.82) is 0 Å². The van der Waals surface area contributed by atoms with Gasteiger partial charge < -0.3 is 14.8 Å². The zero-order valence-electron chi connectivity index (χ0n) is 12.0. The van der Waals surface area contributed by atoms with Crippen LogP contribution in [0, 0.1) is 6.92 Å². The lowest BCUT2D eigenvalue weighted by Crippen LogP contribution is -2.07. The van der Waals surface area contributed by atoms with Crippen molar-refractivity contribution in [2.24, 2.45) is 0 Å². The Labute approximate surface area is 132 Å². The molecule has 1 heterocycles. The molecule has 0 amide bonds. The number of hydrogen-bond acceptors (Lipinski definition) is 4. The van der Waals surface area contributed by atoms with Gasteiger partial charge in [0.15, 0.2) is 11.5 Å². The molecule has 2 rings (SSSR count). The fraction of sp³-hybridized carbons (Fsp3) is 0.333. The maximum atomic E-state index is 5.36. The number of aryl methyl sites for hydroxylation is 1. The first-order valence-corrected chi connectivity index (χ1v) is 7.96. The van der Waals surface area contributed by atoms with E-state index in [4.69, 9.17) is 9.47 Å². The second-order valence-corrected chi connectivity index (χ2v) is 6.32. The van der Waals surface area contributed by atoms with Gasteiger partial charge in [0.1, 0.15) is 0 Å². The number of nitrogens with one attached hydrogen (secondary N) is 1. The molecule has 108 valence electrons. The normalized spacial score (nSPS) is 12.1. The van der Waals surface area contributed by atoms with Gasteiger partial charge in [-0.15, -0.1) is 11.3 Å². The molecule has 0 saturated heterocycles. The summed E-state index contributed by atoms with van der Waals surface area (Å²) in [5.41, 5.74) is 2.18. The molecule has 20 heavy (non-hydrogen) atoms. The first kappa shape index (κ1) is 15.2. The molecule has 0 radical (unpaired) electrons.